The van der Waals surface area contributed by atoms with E-state index in [4.69, 9.17) is 0 Å². The van der Waals surface area contributed by atoms with E-state index in [0.717, 1.165) is 0 Å². The molecule has 2 aromatic carbocycles. The molecule has 2 N–H and O–H groups in total. The van der Waals surface area contributed by atoms with Crippen LogP contribution in [-0.4, -0.2) is 11.0 Å². The number of carbonyl (C=O) groups excluding carboxylic acids is 1. The highest BCUT2D eigenvalue weighted by molar-refractivity contribution is 5.92. The SMILES string of the molecule is O=C(/C=C/c1ccccc1O)NCc1ccccc1F. The lowest BCUT2D eigenvalue weighted by atomic mass is 10.2. The van der Waals surface area contributed by atoms with Crippen molar-refractivity contribution in [2.45, 2.75) is 6.54 Å². The summed E-state index contributed by atoms with van der Waals surface area (Å²) in [7, 11) is 0. The lowest BCUT2D eigenvalue weighted by Crippen LogP contribution is -2.20. The minimum atomic E-state index is -0.350. The zero-order valence-electron chi connectivity index (χ0n) is 10.7. The minimum Gasteiger partial charge on any atom is -0.507 e. The Balaban J connectivity index is 1.93. The van der Waals surface area contributed by atoms with Gasteiger partial charge in [0, 0.05) is 23.7 Å². The number of phenolic OH excluding ortho intramolecular Hbond substituents is 1. The minimum absolute atomic E-state index is 0.102. The van der Waals surface area contributed by atoms with Crippen LogP contribution in [0, 0.1) is 5.82 Å². The number of para-hydroxylation sites is 1. The first-order valence-corrected chi connectivity index (χ1v) is 6.14. The Hall–Kier alpha value is -2.62. The van der Waals surface area contributed by atoms with Crippen LogP contribution in [0.5, 0.6) is 5.75 Å². The molecule has 0 radical (unpaired) electrons. The Morgan fingerprint density at radius 2 is 1.85 bits per heavy atom. The van der Waals surface area contributed by atoms with Crippen molar-refractivity contribution in [2.24, 2.45) is 0 Å². The van der Waals surface area contributed by atoms with E-state index in [-0.39, 0.29) is 24.0 Å². The number of hydrogen-bond acceptors (Lipinski definition) is 2. The van der Waals surface area contributed by atoms with Gasteiger partial charge in [-0.25, -0.2) is 4.39 Å². The van der Waals surface area contributed by atoms with E-state index in [1.54, 1.807) is 36.4 Å². The normalized spacial score (nSPS) is 10.7. The van der Waals surface area contributed by atoms with Gasteiger partial charge in [-0.15, -0.1) is 0 Å². The molecule has 0 aromatic heterocycles. The third-order valence-electron chi connectivity index (χ3n) is 2.76. The lowest BCUT2D eigenvalue weighted by Gasteiger charge is -2.03. The summed E-state index contributed by atoms with van der Waals surface area (Å²) in [6, 6.07) is 13.0. The predicted octanol–water partition coefficient (Wildman–Crippen LogP) is 2.86. The fraction of sp³-hybridized carbons (Fsp3) is 0.0625. The first-order valence-electron chi connectivity index (χ1n) is 6.14. The molecule has 0 fully saturated rings. The fourth-order valence-electron chi connectivity index (χ4n) is 1.68. The van der Waals surface area contributed by atoms with E-state index in [2.05, 4.69) is 5.32 Å². The molecule has 0 spiro atoms. The maximum atomic E-state index is 13.3. The molecule has 0 unspecified atom stereocenters. The van der Waals surface area contributed by atoms with Crippen molar-refractivity contribution in [2.75, 3.05) is 0 Å². The molecule has 0 aliphatic heterocycles. The van der Waals surface area contributed by atoms with Crippen molar-refractivity contribution in [3.63, 3.8) is 0 Å². The van der Waals surface area contributed by atoms with Crippen molar-refractivity contribution < 1.29 is 14.3 Å². The topological polar surface area (TPSA) is 49.3 Å². The van der Waals surface area contributed by atoms with Gasteiger partial charge in [0.25, 0.3) is 0 Å². The second kappa shape index (κ2) is 6.52. The summed E-state index contributed by atoms with van der Waals surface area (Å²) >= 11 is 0. The van der Waals surface area contributed by atoms with Crippen molar-refractivity contribution in [3.8, 4) is 5.75 Å². The molecule has 2 aromatic rings. The molecule has 0 heterocycles. The molecule has 3 nitrogen and oxygen atoms in total. The second-order valence-corrected chi connectivity index (χ2v) is 4.20. The molecule has 0 aliphatic rings. The first-order chi connectivity index (χ1) is 9.66. The third-order valence-corrected chi connectivity index (χ3v) is 2.76. The fourth-order valence-corrected chi connectivity index (χ4v) is 1.68. The zero-order valence-corrected chi connectivity index (χ0v) is 10.7. The van der Waals surface area contributed by atoms with Crippen LogP contribution in [0.15, 0.2) is 54.6 Å². The summed E-state index contributed by atoms with van der Waals surface area (Å²) in [4.78, 5) is 11.6. The molecule has 0 saturated heterocycles. The smallest absolute Gasteiger partial charge is 0.244 e. The molecule has 0 saturated carbocycles. The van der Waals surface area contributed by atoms with Crippen LogP contribution >= 0.6 is 0 Å². The average molecular weight is 271 g/mol. The summed E-state index contributed by atoms with van der Waals surface area (Å²) < 4.78 is 13.3. The third kappa shape index (κ3) is 3.68. The summed E-state index contributed by atoms with van der Waals surface area (Å²) in [5.41, 5.74) is 0.977. The van der Waals surface area contributed by atoms with Gasteiger partial charge in [0.05, 0.1) is 0 Å². The largest absolute Gasteiger partial charge is 0.507 e. The monoisotopic (exact) mass is 271 g/mol. The molecule has 0 atom stereocenters. The van der Waals surface area contributed by atoms with Gasteiger partial charge in [-0.1, -0.05) is 36.4 Å². The summed E-state index contributed by atoms with van der Waals surface area (Å²) in [6.45, 7) is 0.122. The number of benzene rings is 2. The standard InChI is InChI=1S/C16H14FNO2/c17-14-7-3-1-6-13(14)11-18-16(20)10-9-12-5-2-4-8-15(12)19/h1-10,19H,11H2,(H,18,20)/b10-9+. The van der Waals surface area contributed by atoms with E-state index in [1.807, 2.05) is 0 Å². The molecule has 1 amide bonds. The van der Waals surface area contributed by atoms with Crippen LogP contribution in [0.1, 0.15) is 11.1 Å². The molecule has 20 heavy (non-hydrogen) atoms. The number of halogens is 1. The Kier molecular flexibility index (Phi) is 4.50. The number of rotatable bonds is 4. The quantitative estimate of drug-likeness (QED) is 0.840. The molecular formula is C16H14FNO2. The van der Waals surface area contributed by atoms with Crippen molar-refractivity contribution in [1.82, 2.24) is 5.32 Å². The van der Waals surface area contributed by atoms with Crippen LogP contribution in [0.25, 0.3) is 6.08 Å². The highest BCUT2D eigenvalue weighted by Gasteiger charge is 2.02. The number of hydrogen-bond donors (Lipinski definition) is 2. The van der Waals surface area contributed by atoms with Gasteiger partial charge in [0.15, 0.2) is 0 Å². The van der Waals surface area contributed by atoms with Crippen LogP contribution in [0.3, 0.4) is 0 Å². The Labute approximate surface area is 116 Å². The zero-order chi connectivity index (χ0) is 14.4. The van der Waals surface area contributed by atoms with E-state index < -0.39 is 0 Å². The van der Waals surface area contributed by atoms with Gasteiger partial charge in [-0.05, 0) is 18.2 Å². The second-order valence-electron chi connectivity index (χ2n) is 4.20. The molecule has 0 aliphatic carbocycles. The van der Waals surface area contributed by atoms with Crippen molar-refractivity contribution in [3.05, 3.63) is 71.6 Å². The Morgan fingerprint density at radius 1 is 1.15 bits per heavy atom. The van der Waals surface area contributed by atoms with Gasteiger partial charge < -0.3 is 10.4 Å². The number of amides is 1. The van der Waals surface area contributed by atoms with E-state index in [1.165, 1.54) is 24.3 Å². The summed E-state index contributed by atoms with van der Waals surface area (Å²) in [5.74, 6) is -0.598. The van der Waals surface area contributed by atoms with Crippen LogP contribution in [-0.2, 0) is 11.3 Å². The average Bonchev–Trinajstić information content (AvgIpc) is 2.45. The predicted molar refractivity (Wildman–Crippen MR) is 75.4 cm³/mol. The van der Waals surface area contributed by atoms with Crippen molar-refractivity contribution in [1.29, 1.82) is 0 Å². The molecule has 2 rings (SSSR count). The first kappa shape index (κ1) is 13.8. The number of nitrogens with one attached hydrogen (secondary N) is 1. The molecule has 4 heteroatoms. The molecule has 102 valence electrons. The molecular weight excluding hydrogens is 257 g/mol. The Bertz CT molecular complexity index is 638. The maximum absolute atomic E-state index is 13.3. The lowest BCUT2D eigenvalue weighted by molar-refractivity contribution is -0.116. The summed E-state index contributed by atoms with van der Waals surface area (Å²) in [6.07, 6.45) is 2.81. The van der Waals surface area contributed by atoms with E-state index in [0.29, 0.717) is 11.1 Å². The van der Waals surface area contributed by atoms with Crippen LogP contribution in [0.2, 0.25) is 0 Å². The van der Waals surface area contributed by atoms with E-state index >= 15 is 0 Å². The van der Waals surface area contributed by atoms with E-state index in [9.17, 15) is 14.3 Å². The maximum Gasteiger partial charge on any atom is 0.244 e. The van der Waals surface area contributed by atoms with Crippen LogP contribution in [0.4, 0.5) is 4.39 Å². The Morgan fingerprint density at radius 3 is 2.60 bits per heavy atom. The summed E-state index contributed by atoms with van der Waals surface area (Å²) in [5, 5.41) is 12.1. The van der Waals surface area contributed by atoms with Gasteiger partial charge in [0.2, 0.25) is 5.91 Å². The number of aromatic hydroxyl groups is 1. The number of carbonyl (C=O) groups is 1. The van der Waals surface area contributed by atoms with Crippen molar-refractivity contribution >= 4 is 12.0 Å². The van der Waals surface area contributed by atoms with Gasteiger partial charge >= 0.3 is 0 Å². The highest BCUT2D eigenvalue weighted by atomic mass is 19.1. The number of phenols is 1. The highest BCUT2D eigenvalue weighted by Crippen LogP contribution is 2.16. The van der Waals surface area contributed by atoms with Crippen LogP contribution < -0.4 is 5.32 Å². The van der Waals surface area contributed by atoms with Gasteiger partial charge in [0.1, 0.15) is 11.6 Å². The molecule has 0 bridgehead atoms. The van der Waals surface area contributed by atoms with Gasteiger partial charge in [-0.3, -0.25) is 4.79 Å². The van der Waals surface area contributed by atoms with Gasteiger partial charge in [-0.2, -0.15) is 0 Å².